The Morgan fingerprint density at radius 2 is 1.84 bits per heavy atom. The highest BCUT2D eigenvalue weighted by Gasteiger charge is 2.31. The number of nitrogens with one attached hydrogen (secondary N) is 2. The van der Waals surface area contributed by atoms with Crippen molar-refractivity contribution in [1.29, 1.82) is 0 Å². The maximum atomic E-state index is 11.9. The summed E-state index contributed by atoms with van der Waals surface area (Å²) in [4.78, 5) is 23.4. The first-order valence-corrected chi connectivity index (χ1v) is 5.96. The number of amides is 2. The maximum Gasteiger partial charge on any atom is 0.337 e. The van der Waals surface area contributed by atoms with E-state index < -0.39 is 12.0 Å². The summed E-state index contributed by atoms with van der Waals surface area (Å²) in [5, 5.41) is 5.32. The Kier molecular flexibility index (Phi) is 3.55. The molecule has 1 aliphatic rings. The number of methoxy groups -OCH3 is 1. The number of hydrogen-bond acceptors (Lipinski definition) is 3. The van der Waals surface area contributed by atoms with Gasteiger partial charge in [0, 0.05) is 5.70 Å². The van der Waals surface area contributed by atoms with Gasteiger partial charge in [-0.3, -0.25) is 0 Å². The molecule has 1 aliphatic heterocycles. The van der Waals surface area contributed by atoms with Gasteiger partial charge >= 0.3 is 12.0 Å². The Hall–Kier alpha value is -2.30. The smallest absolute Gasteiger partial charge is 0.337 e. The molecule has 2 rings (SSSR count). The standard InChI is InChI=1S/C14H16N2O3/c1-8-4-6-10(7-5-8)12-11(13(17)19-3)9(2)15-14(18)16-12/h4-7,12H,1-3H3,(H2,15,16,18). The first-order chi connectivity index (χ1) is 9.02. The molecule has 0 fully saturated rings. The average Bonchev–Trinajstić information content (AvgIpc) is 2.38. The second kappa shape index (κ2) is 5.14. The summed E-state index contributed by atoms with van der Waals surface area (Å²) >= 11 is 0. The van der Waals surface area contributed by atoms with Crippen LogP contribution in [0.2, 0.25) is 0 Å². The zero-order valence-corrected chi connectivity index (χ0v) is 11.1. The van der Waals surface area contributed by atoms with Gasteiger partial charge in [0.25, 0.3) is 0 Å². The second-order valence-electron chi connectivity index (χ2n) is 4.47. The van der Waals surface area contributed by atoms with Crippen molar-refractivity contribution in [3.05, 3.63) is 46.7 Å². The van der Waals surface area contributed by atoms with Crippen molar-refractivity contribution in [3.63, 3.8) is 0 Å². The molecule has 2 N–H and O–H groups in total. The summed E-state index contributed by atoms with van der Waals surface area (Å²) in [6, 6.07) is 6.85. The molecule has 2 amide bonds. The number of aryl methyl sites for hydroxylation is 1. The van der Waals surface area contributed by atoms with E-state index in [1.165, 1.54) is 7.11 Å². The van der Waals surface area contributed by atoms with Crippen LogP contribution in [-0.2, 0) is 9.53 Å². The molecule has 0 saturated carbocycles. The summed E-state index contributed by atoms with van der Waals surface area (Å²) in [5.41, 5.74) is 2.90. The number of carbonyl (C=O) groups excluding carboxylic acids is 2. The van der Waals surface area contributed by atoms with Gasteiger partial charge in [-0.2, -0.15) is 0 Å². The van der Waals surface area contributed by atoms with Crippen LogP contribution in [-0.4, -0.2) is 19.1 Å². The summed E-state index contributed by atoms with van der Waals surface area (Å²) in [6.45, 7) is 3.67. The van der Waals surface area contributed by atoms with Crippen LogP contribution >= 0.6 is 0 Å². The van der Waals surface area contributed by atoms with Crippen LogP contribution in [0.1, 0.15) is 24.1 Å². The topological polar surface area (TPSA) is 67.4 Å². The summed E-state index contributed by atoms with van der Waals surface area (Å²) in [5.74, 6) is -0.449. The Balaban J connectivity index is 2.46. The van der Waals surface area contributed by atoms with Crippen molar-refractivity contribution in [3.8, 4) is 0 Å². The van der Waals surface area contributed by atoms with Crippen LogP contribution in [0.4, 0.5) is 4.79 Å². The highest BCUT2D eigenvalue weighted by atomic mass is 16.5. The fraction of sp³-hybridized carbons (Fsp3) is 0.286. The van der Waals surface area contributed by atoms with Gasteiger partial charge in [-0.05, 0) is 19.4 Å². The van der Waals surface area contributed by atoms with Crippen LogP contribution < -0.4 is 10.6 Å². The molecule has 1 aromatic carbocycles. The predicted octanol–water partition coefficient (Wildman–Crippen LogP) is 1.80. The third-order valence-corrected chi connectivity index (χ3v) is 3.09. The van der Waals surface area contributed by atoms with Gasteiger partial charge in [-0.15, -0.1) is 0 Å². The molecule has 5 heteroatoms. The number of urea groups is 1. The monoisotopic (exact) mass is 260 g/mol. The second-order valence-corrected chi connectivity index (χ2v) is 4.47. The summed E-state index contributed by atoms with van der Waals surface area (Å²) in [6.07, 6.45) is 0. The zero-order valence-electron chi connectivity index (χ0n) is 11.1. The van der Waals surface area contributed by atoms with Crippen molar-refractivity contribution in [1.82, 2.24) is 10.6 Å². The quantitative estimate of drug-likeness (QED) is 0.797. The number of hydrogen-bond donors (Lipinski definition) is 2. The highest BCUT2D eigenvalue weighted by Crippen LogP contribution is 2.27. The van der Waals surface area contributed by atoms with E-state index in [1.54, 1.807) is 6.92 Å². The lowest BCUT2D eigenvalue weighted by Crippen LogP contribution is -2.45. The minimum absolute atomic E-state index is 0.323. The van der Waals surface area contributed by atoms with E-state index in [1.807, 2.05) is 31.2 Å². The average molecular weight is 260 g/mol. The molecule has 1 atom stereocenters. The summed E-state index contributed by atoms with van der Waals surface area (Å²) < 4.78 is 4.78. The van der Waals surface area contributed by atoms with Gasteiger partial charge in [-0.1, -0.05) is 29.8 Å². The maximum absolute atomic E-state index is 11.9. The molecule has 0 aromatic heterocycles. The van der Waals surface area contributed by atoms with E-state index >= 15 is 0 Å². The number of esters is 1. The van der Waals surface area contributed by atoms with Gasteiger partial charge in [0.1, 0.15) is 0 Å². The van der Waals surface area contributed by atoms with E-state index in [-0.39, 0.29) is 6.03 Å². The van der Waals surface area contributed by atoms with E-state index in [9.17, 15) is 9.59 Å². The molecule has 100 valence electrons. The first kappa shape index (κ1) is 13.1. The van der Waals surface area contributed by atoms with Crippen LogP contribution in [0, 0.1) is 6.92 Å². The van der Waals surface area contributed by atoms with Crippen molar-refractivity contribution >= 4 is 12.0 Å². The molecule has 1 heterocycles. The number of benzene rings is 1. The molecule has 1 unspecified atom stereocenters. The van der Waals surface area contributed by atoms with Crippen LogP contribution in [0.15, 0.2) is 35.5 Å². The largest absolute Gasteiger partial charge is 0.466 e. The van der Waals surface area contributed by atoms with Crippen LogP contribution in [0.5, 0.6) is 0 Å². The highest BCUT2D eigenvalue weighted by molar-refractivity contribution is 5.94. The van der Waals surface area contributed by atoms with Crippen LogP contribution in [0.25, 0.3) is 0 Å². The number of allylic oxidation sites excluding steroid dienone is 1. The van der Waals surface area contributed by atoms with Gasteiger partial charge in [-0.25, -0.2) is 9.59 Å². The molecule has 19 heavy (non-hydrogen) atoms. The molecule has 5 nitrogen and oxygen atoms in total. The molecule has 1 aromatic rings. The number of rotatable bonds is 2. The number of ether oxygens (including phenoxy) is 1. The molecule has 0 aliphatic carbocycles. The number of carbonyl (C=O) groups is 2. The van der Waals surface area contributed by atoms with Gasteiger partial charge in [0.15, 0.2) is 0 Å². The molecular weight excluding hydrogens is 244 g/mol. The zero-order chi connectivity index (χ0) is 14.0. The van der Waals surface area contributed by atoms with E-state index in [0.717, 1.165) is 11.1 Å². The molecule has 0 saturated heterocycles. The molecule has 0 bridgehead atoms. The molecule has 0 radical (unpaired) electrons. The van der Waals surface area contributed by atoms with E-state index in [4.69, 9.17) is 4.74 Å². The van der Waals surface area contributed by atoms with Crippen molar-refractivity contribution in [2.24, 2.45) is 0 Å². The Bertz CT molecular complexity index is 546. The normalized spacial score (nSPS) is 18.7. The Morgan fingerprint density at radius 3 is 2.42 bits per heavy atom. The van der Waals surface area contributed by atoms with E-state index in [0.29, 0.717) is 11.3 Å². The van der Waals surface area contributed by atoms with Crippen molar-refractivity contribution < 1.29 is 14.3 Å². The van der Waals surface area contributed by atoms with Crippen molar-refractivity contribution in [2.45, 2.75) is 19.9 Å². The fourth-order valence-electron chi connectivity index (χ4n) is 2.08. The van der Waals surface area contributed by atoms with Gasteiger partial charge in [0.2, 0.25) is 0 Å². The lowest BCUT2D eigenvalue weighted by Gasteiger charge is -2.27. The minimum atomic E-state index is -0.484. The lowest BCUT2D eigenvalue weighted by molar-refractivity contribution is -0.136. The summed E-state index contributed by atoms with van der Waals surface area (Å²) in [7, 11) is 1.32. The third kappa shape index (κ3) is 2.59. The van der Waals surface area contributed by atoms with Gasteiger partial charge in [0.05, 0.1) is 18.7 Å². The Labute approximate surface area is 111 Å². The Morgan fingerprint density at radius 1 is 1.21 bits per heavy atom. The predicted molar refractivity (Wildman–Crippen MR) is 70.3 cm³/mol. The SMILES string of the molecule is COC(=O)C1=C(C)NC(=O)NC1c1ccc(C)cc1. The molecular formula is C14H16N2O3. The first-order valence-electron chi connectivity index (χ1n) is 5.96. The minimum Gasteiger partial charge on any atom is -0.466 e. The third-order valence-electron chi connectivity index (χ3n) is 3.09. The lowest BCUT2D eigenvalue weighted by atomic mass is 9.95. The van der Waals surface area contributed by atoms with Crippen LogP contribution in [0.3, 0.4) is 0 Å². The van der Waals surface area contributed by atoms with Gasteiger partial charge < -0.3 is 15.4 Å². The fourth-order valence-corrected chi connectivity index (χ4v) is 2.08. The van der Waals surface area contributed by atoms with E-state index in [2.05, 4.69) is 10.6 Å². The molecule has 0 spiro atoms. The van der Waals surface area contributed by atoms with Crippen molar-refractivity contribution in [2.75, 3.05) is 7.11 Å².